The van der Waals surface area contributed by atoms with E-state index in [0.29, 0.717) is 11.4 Å². The van der Waals surface area contributed by atoms with Gasteiger partial charge < -0.3 is 10.6 Å². The summed E-state index contributed by atoms with van der Waals surface area (Å²) in [7, 11) is 0. The number of amides is 2. The lowest BCUT2D eigenvalue weighted by atomic mass is 10.4. The molecule has 1 fully saturated rings. The van der Waals surface area contributed by atoms with Gasteiger partial charge in [0.05, 0.1) is 9.88 Å². The smallest absolute Gasteiger partial charge is 0.261 e. The molecule has 1 aliphatic carbocycles. The van der Waals surface area contributed by atoms with Crippen LogP contribution in [-0.4, -0.2) is 18.4 Å². The van der Waals surface area contributed by atoms with Gasteiger partial charge in [-0.15, -0.1) is 11.3 Å². The minimum Gasteiger partial charge on any atom is -0.347 e. The molecular weight excluding hydrogens is 316 g/mol. The van der Waals surface area contributed by atoms with Crippen LogP contribution in [0.25, 0.3) is 0 Å². The maximum absolute atomic E-state index is 11.7. The number of anilines is 1. The Morgan fingerprint density at radius 3 is 2.78 bits per heavy atom. The third-order valence-electron chi connectivity index (χ3n) is 2.47. The van der Waals surface area contributed by atoms with Gasteiger partial charge >= 0.3 is 0 Å². The van der Waals surface area contributed by atoms with E-state index in [4.69, 9.17) is 0 Å². The van der Waals surface area contributed by atoms with E-state index in [-0.39, 0.29) is 17.7 Å². The Kier molecular flexibility index (Phi) is 4.19. The molecular formula is C12H13BrN2O2S. The van der Waals surface area contributed by atoms with E-state index in [2.05, 4.69) is 33.1 Å². The molecule has 0 saturated heterocycles. The predicted octanol–water partition coefficient (Wildman–Crippen LogP) is 2.74. The van der Waals surface area contributed by atoms with Gasteiger partial charge in [-0.25, -0.2) is 0 Å². The standard InChI is InChI=1S/C12H13BrN2O2S/c1-7(13)6-14-12(17)9-4-5-10(18-9)15-11(16)8-2-3-8/h4-5,8H,1-3,6H2,(H,14,17)(H,15,16). The highest BCUT2D eigenvalue weighted by Crippen LogP contribution is 2.31. The zero-order valence-electron chi connectivity index (χ0n) is 9.66. The molecule has 0 atom stereocenters. The molecule has 6 heteroatoms. The van der Waals surface area contributed by atoms with Gasteiger partial charge in [0.15, 0.2) is 0 Å². The molecule has 18 heavy (non-hydrogen) atoms. The first-order chi connectivity index (χ1) is 8.56. The summed E-state index contributed by atoms with van der Waals surface area (Å²) in [4.78, 5) is 23.8. The summed E-state index contributed by atoms with van der Waals surface area (Å²) in [5.41, 5.74) is 0. The second kappa shape index (κ2) is 5.67. The topological polar surface area (TPSA) is 58.2 Å². The first kappa shape index (κ1) is 13.3. The maximum atomic E-state index is 11.7. The first-order valence-corrected chi connectivity index (χ1v) is 7.19. The number of thiophene rings is 1. The van der Waals surface area contributed by atoms with Crippen LogP contribution in [-0.2, 0) is 4.79 Å². The van der Waals surface area contributed by atoms with E-state index in [9.17, 15) is 9.59 Å². The molecule has 4 nitrogen and oxygen atoms in total. The van der Waals surface area contributed by atoms with Gasteiger partial charge in [-0.05, 0) is 25.0 Å². The summed E-state index contributed by atoms with van der Waals surface area (Å²) in [6, 6.07) is 3.46. The molecule has 1 aromatic rings. The van der Waals surface area contributed by atoms with E-state index >= 15 is 0 Å². The van der Waals surface area contributed by atoms with Crippen LogP contribution in [0, 0.1) is 5.92 Å². The second-order valence-corrected chi connectivity index (χ2v) is 6.33. The Bertz CT molecular complexity index is 494. The molecule has 96 valence electrons. The fourth-order valence-electron chi connectivity index (χ4n) is 1.36. The number of rotatable bonds is 5. The number of carbonyl (C=O) groups excluding carboxylic acids is 2. The summed E-state index contributed by atoms with van der Waals surface area (Å²) in [5, 5.41) is 6.25. The van der Waals surface area contributed by atoms with Gasteiger partial charge in [0, 0.05) is 16.9 Å². The number of carbonyl (C=O) groups is 2. The minimum absolute atomic E-state index is 0.0534. The van der Waals surface area contributed by atoms with Crippen molar-refractivity contribution in [2.75, 3.05) is 11.9 Å². The van der Waals surface area contributed by atoms with Gasteiger partial charge in [-0.2, -0.15) is 0 Å². The summed E-state index contributed by atoms with van der Waals surface area (Å²) in [5.74, 6) is 0.0614. The fourth-order valence-corrected chi connectivity index (χ4v) is 2.33. The average Bonchev–Trinajstić information content (AvgIpc) is 3.07. The monoisotopic (exact) mass is 328 g/mol. The van der Waals surface area contributed by atoms with Gasteiger partial charge in [0.25, 0.3) is 5.91 Å². The van der Waals surface area contributed by atoms with Crippen molar-refractivity contribution in [2.45, 2.75) is 12.8 Å². The molecule has 0 radical (unpaired) electrons. The quantitative estimate of drug-likeness (QED) is 0.873. The zero-order chi connectivity index (χ0) is 13.1. The number of halogens is 1. The van der Waals surface area contributed by atoms with E-state index in [0.717, 1.165) is 22.3 Å². The average molecular weight is 329 g/mol. The van der Waals surface area contributed by atoms with Gasteiger partial charge in [-0.1, -0.05) is 22.5 Å². The van der Waals surface area contributed by atoms with Crippen molar-refractivity contribution in [3.63, 3.8) is 0 Å². The normalized spacial score (nSPS) is 14.1. The van der Waals surface area contributed by atoms with Crippen LogP contribution in [0.1, 0.15) is 22.5 Å². The molecule has 2 N–H and O–H groups in total. The van der Waals surface area contributed by atoms with E-state index in [1.165, 1.54) is 11.3 Å². The summed E-state index contributed by atoms with van der Waals surface area (Å²) < 4.78 is 0.717. The summed E-state index contributed by atoms with van der Waals surface area (Å²) in [6.45, 7) is 4.03. The third kappa shape index (κ3) is 3.68. The molecule has 1 heterocycles. The Morgan fingerprint density at radius 2 is 2.17 bits per heavy atom. The summed E-state index contributed by atoms with van der Waals surface area (Å²) in [6.07, 6.45) is 1.94. The maximum Gasteiger partial charge on any atom is 0.261 e. The van der Waals surface area contributed by atoms with Crippen molar-refractivity contribution in [3.05, 3.63) is 28.1 Å². The van der Waals surface area contributed by atoms with Crippen molar-refractivity contribution >= 4 is 44.1 Å². The molecule has 2 amide bonds. The molecule has 2 rings (SSSR count). The van der Waals surface area contributed by atoms with Gasteiger partial charge in [0.1, 0.15) is 0 Å². The predicted molar refractivity (Wildman–Crippen MR) is 76.1 cm³/mol. The van der Waals surface area contributed by atoms with E-state index in [1.807, 2.05) is 0 Å². The number of hydrogen-bond donors (Lipinski definition) is 2. The molecule has 1 aromatic heterocycles. The third-order valence-corrected chi connectivity index (χ3v) is 3.74. The summed E-state index contributed by atoms with van der Waals surface area (Å²) >= 11 is 4.45. The van der Waals surface area contributed by atoms with Crippen LogP contribution >= 0.6 is 27.3 Å². The first-order valence-electron chi connectivity index (χ1n) is 5.58. The van der Waals surface area contributed by atoms with Gasteiger partial charge in [-0.3, -0.25) is 9.59 Å². The SMILES string of the molecule is C=C(Br)CNC(=O)c1ccc(NC(=O)C2CC2)s1. The lowest BCUT2D eigenvalue weighted by molar-refractivity contribution is -0.117. The van der Waals surface area contributed by atoms with Crippen LogP contribution in [0.5, 0.6) is 0 Å². The van der Waals surface area contributed by atoms with Crippen molar-refractivity contribution in [1.29, 1.82) is 0 Å². The molecule has 1 aliphatic rings. The largest absolute Gasteiger partial charge is 0.347 e. The van der Waals surface area contributed by atoms with E-state index < -0.39 is 0 Å². The van der Waals surface area contributed by atoms with Gasteiger partial charge in [0.2, 0.25) is 5.91 Å². The second-order valence-electron chi connectivity index (χ2n) is 4.13. The molecule has 0 bridgehead atoms. The van der Waals surface area contributed by atoms with Crippen LogP contribution < -0.4 is 10.6 Å². The molecule has 0 spiro atoms. The highest BCUT2D eigenvalue weighted by molar-refractivity contribution is 9.11. The van der Waals surface area contributed by atoms with Crippen LogP contribution in [0.3, 0.4) is 0 Å². The Balaban J connectivity index is 1.90. The lowest BCUT2D eigenvalue weighted by Crippen LogP contribution is -2.23. The highest BCUT2D eigenvalue weighted by Gasteiger charge is 2.29. The van der Waals surface area contributed by atoms with Crippen molar-refractivity contribution in [2.24, 2.45) is 5.92 Å². The Hall–Kier alpha value is -1.14. The fraction of sp³-hybridized carbons (Fsp3) is 0.333. The van der Waals surface area contributed by atoms with Crippen LogP contribution in [0.4, 0.5) is 5.00 Å². The molecule has 0 unspecified atom stereocenters. The minimum atomic E-state index is -0.160. The van der Waals surface area contributed by atoms with Crippen LogP contribution in [0.15, 0.2) is 23.2 Å². The molecule has 0 aromatic carbocycles. The molecule has 1 saturated carbocycles. The number of hydrogen-bond acceptors (Lipinski definition) is 3. The Labute approximate surface area is 118 Å². The van der Waals surface area contributed by atoms with Crippen molar-refractivity contribution in [3.8, 4) is 0 Å². The van der Waals surface area contributed by atoms with Crippen molar-refractivity contribution < 1.29 is 9.59 Å². The lowest BCUT2D eigenvalue weighted by Gasteiger charge is -2.01. The molecule has 0 aliphatic heterocycles. The Morgan fingerprint density at radius 1 is 1.44 bits per heavy atom. The van der Waals surface area contributed by atoms with E-state index in [1.54, 1.807) is 12.1 Å². The van der Waals surface area contributed by atoms with Crippen LogP contribution in [0.2, 0.25) is 0 Å². The zero-order valence-corrected chi connectivity index (χ0v) is 12.1. The van der Waals surface area contributed by atoms with Crippen molar-refractivity contribution in [1.82, 2.24) is 5.32 Å². The highest BCUT2D eigenvalue weighted by atomic mass is 79.9. The number of nitrogens with one attached hydrogen (secondary N) is 2.